The summed E-state index contributed by atoms with van der Waals surface area (Å²) in [6, 6.07) is 0. The number of hydrogen-bond acceptors (Lipinski definition) is 4. The van der Waals surface area contributed by atoms with Gasteiger partial charge in [0.1, 0.15) is 0 Å². The summed E-state index contributed by atoms with van der Waals surface area (Å²) in [4.78, 5) is 0. The summed E-state index contributed by atoms with van der Waals surface area (Å²) in [6.07, 6.45) is 34.8. The Bertz CT molecular complexity index is 422. The molecule has 0 rings (SSSR count). The molecular formula is C34H68O4. The van der Waals surface area contributed by atoms with Crippen LogP contribution in [0.1, 0.15) is 175 Å². The van der Waals surface area contributed by atoms with Gasteiger partial charge in [0.05, 0.1) is 12.9 Å². The molecule has 228 valence electrons. The Kier molecular flexibility index (Phi) is 33.9. The first-order valence-electron chi connectivity index (χ1n) is 16.9. The molecule has 4 heteroatoms. The first-order chi connectivity index (χ1) is 18.8. The summed E-state index contributed by atoms with van der Waals surface area (Å²) in [5.74, 6) is 0. The van der Waals surface area contributed by atoms with Crippen LogP contribution in [0.3, 0.4) is 0 Å². The number of rotatable bonds is 33. The van der Waals surface area contributed by atoms with Crippen LogP contribution in [0.4, 0.5) is 0 Å². The van der Waals surface area contributed by atoms with E-state index in [-0.39, 0.29) is 6.29 Å². The standard InChI is InChI=1S/C34H68O4/c1-4-7-9-11-22-26-31-37-34(38-32-27-23-12-10-8-5-2)28-24-20-18-16-14-13-15-17-19-21-25-30-36-33-35-29-6-3/h25,30,34H,4-24,26-29,31-33H2,1-3H3. The highest BCUT2D eigenvalue weighted by atomic mass is 16.7. The van der Waals surface area contributed by atoms with Crippen LogP contribution in [-0.4, -0.2) is 32.9 Å². The van der Waals surface area contributed by atoms with Crippen LogP contribution in [0.25, 0.3) is 0 Å². The monoisotopic (exact) mass is 541 g/mol. The van der Waals surface area contributed by atoms with Crippen molar-refractivity contribution < 1.29 is 18.9 Å². The molecule has 0 spiro atoms. The number of allylic oxidation sites excluding steroid dienone is 1. The lowest BCUT2D eigenvalue weighted by atomic mass is 10.1. The quantitative estimate of drug-likeness (QED) is 0.0471. The van der Waals surface area contributed by atoms with Crippen LogP contribution < -0.4 is 0 Å². The lowest BCUT2D eigenvalue weighted by Crippen LogP contribution is -2.19. The van der Waals surface area contributed by atoms with Gasteiger partial charge >= 0.3 is 0 Å². The summed E-state index contributed by atoms with van der Waals surface area (Å²) < 4.78 is 23.0. The first kappa shape index (κ1) is 37.4. The molecule has 0 bridgehead atoms. The molecule has 0 radical (unpaired) electrons. The van der Waals surface area contributed by atoms with Crippen molar-refractivity contribution in [2.45, 2.75) is 181 Å². The van der Waals surface area contributed by atoms with Gasteiger partial charge in [0, 0.05) is 13.2 Å². The van der Waals surface area contributed by atoms with Gasteiger partial charge < -0.3 is 18.9 Å². The molecule has 0 aliphatic heterocycles. The van der Waals surface area contributed by atoms with E-state index in [2.05, 4.69) is 26.8 Å². The summed E-state index contributed by atoms with van der Waals surface area (Å²) in [6.45, 7) is 9.54. The highest BCUT2D eigenvalue weighted by molar-refractivity contribution is 4.72. The maximum Gasteiger partial charge on any atom is 0.188 e. The molecular weight excluding hydrogens is 472 g/mol. The summed E-state index contributed by atoms with van der Waals surface area (Å²) in [7, 11) is 0. The zero-order valence-corrected chi connectivity index (χ0v) is 26.2. The van der Waals surface area contributed by atoms with E-state index in [1.54, 1.807) is 6.26 Å². The molecule has 0 heterocycles. The average Bonchev–Trinajstić information content (AvgIpc) is 2.93. The fourth-order valence-corrected chi connectivity index (χ4v) is 4.65. The van der Waals surface area contributed by atoms with Crippen LogP contribution in [0.2, 0.25) is 0 Å². The van der Waals surface area contributed by atoms with Crippen molar-refractivity contribution in [1.29, 1.82) is 0 Å². The lowest BCUT2D eigenvalue weighted by molar-refractivity contribution is -0.148. The highest BCUT2D eigenvalue weighted by Gasteiger charge is 2.09. The molecule has 0 aromatic heterocycles. The minimum atomic E-state index is 0.0181. The molecule has 38 heavy (non-hydrogen) atoms. The molecule has 0 aromatic rings. The van der Waals surface area contributed by atoms with E-state index in [4.69, 9.17) is 18.9 Å². The van der Waals surface area contributed by atoms with Crippen molar-refractivity contribution >= 4 is 0 Å². The van der Waals surface area contributed by atoms with Gasteiger partial charge in [-0.05, 0) is 51.0 Å². The van der Waals surface area contributed by atoms with Crippen LogP contribution in [-0.2, 0) is 18.9 Å². The molecule has 0 unspecified atom stereocenters. The van der Waals surface area contributed by atoms with Gasteiger partial charge in [-0.15, -0.1) is 0 Å². The Balaban J connectivity index is 3.72. The molecule has 0 fully saturated rings. The van der Waals surface area contributed by atoms with E-state index in [9.17, 15) is 0 Å². The lowest BCUT2D eigenvalue weighted by Gasteiger charge is -2.19. The molecule has 0 amide bonds. The Morgan fingerprint density at radius 1 is 0.474 bits per heavy atom. The molecule has 0 aliphatic rings. The second kappa shape index (κ2) is 34.4. The largest absolute Gasteiger partial charge is 0.475 e. The van der Waals surface area contributed by atoms with E-state index in [1.807, 2.05) is 0 Å². The first-order valence-corrected chi connectivity index (χ1v) is 16.9. The van der Waals surface area contributed by atoms with Gasteiger partial charge in [-0.3, -0.25) is 0 Å². The maximum absolute atomic E-state index is 6.18. The van der Waals surface area contributed by atoms with Crippen molar-refractivity contribution in [3.8, 4) is 0 Å². The SMILES string of the molecule is CCCCCCCCOC(CCCCCCCCCCCC=COCOCCC)OCCCCCCCC. The van der Waals surface area contributed by atoms with E-state index in [1.165, 1.54) is 135 Å². The van der Waals surface area contributed by atoms with Gasteiger partial charge in [-0.25, -0.2) is 0 Å². The fourth-order valence-electron chi connectivity index (χ4n) is 4.65. The molecule has 0 aromatic carbocycles. The topological polar surface area (TPSA) is 36.9 Å². The van der Waals surface area contributed by atoms with Gasteiger partial charge in [0.25, 0.3) is 0 Å². The van der Waals surface area contributed by atoms with Gasteiger partial charge in [-0.2, -0.15) is 0 Å². The van der Waals surface area contributed by atoms with Gasteiger partial charge in [0.15, 0.2) is 13.1 Å². The molecule has 0 aliphatic carbocycles. The predicted molar refractivity (Wildman–Crippen MR) is 165 cm³/mol. The molecule has 0 N–H and O–H groups in total. The maximum atomic E-state index is 6.18. The third-order valence-electron chi connectivity index (χ3n) is 7.11. The third-order valence-corrected chi connectivity index (χ3v) is 7.11. The fraction of sp³-hybridized carbons (Fsp3) is 0.941. The van der Waals surface area contributed by atoms with Crippen molar-refractivity contribution in [3.05, 3.63) is 12.3 Å². The molecule has 4 nitrogen and oxygen atoms in total. The summed E-state index contributed by atoms with van der Waals surface area (Å²) in [5, 5.41) is 0. The van der Waals surface area contributed by atoms with E-state index >= 15 is 0 Å². The summed E-state index contributed by atoms with van der Waals surface area (Å²) >= 11 is 0. The average molecular weight is 541 g/mol. The van der Waals surface area contributed by atoms with Crippen LogP contribution in [0.5, 0.6) is 0 Å². The van der Waals surface area contributed by atoms with Crippen molar-refractivity contribution in [2.24, 2.45) is 0 Å². The third kappa shape index (κ3) is 31.6. The van der Waals surface area contributed by atoms with Crippen LogP contribution >= 0.6 is 0 Å². The minimum absolute atomic E-state index is 0.0181. The molecule has 0 saturated carbocycles. The zero-order valence-electron chi connectivity index (χ0n) is 26.2. The Morgan fingerprint density at radius 2 is 0.947 bits per heavy atom. The van der Waals surface area contributed by atoms with Crippen molar-refractivity contribution in [2.75, 3.05) is 26.6 Å². The van der Waals surface area contributed by atoms with E-state index in [0.29, 0.717) is 6.79 Å². The molecule has 0 atom stereocenters. The minimum Gasteiger partial charge on any atom is -0.475 e. The second-order valence-corrected chi connectivity index (χ2v) is 11.0. The Labute approximate surface area is 239 Å². The Morgan fingerprint density at radius 3 is 1.47 bits per heavy atom. The van der Waals surface area contributed by atoms with Crippen LogP contribution in [0.15, 0.2) is 12.3 Å². The van der Waals surface area contributed by atoms with Crippen molar-refractivity contribution in [1.82, 2.24) is 0 Å². The number of unbranched alkanes of at least 4 members (excludes halogenated alkanes) is 19. The van der Waals surface area contributed by atoms with Gasteiger partial charge in [-0.1, -0.05) is 130 Å². The van der Waals surface area contributed by atoms with Crippen LogP contribution in [0, 0.1) is 0 Å². The second-order valence-electron chi connectivity index (χ2n) is 11.0. The molecule has 0 saturated heterocycles. The normalized spacial score (nSPS) is 11.8. The Hall–Kier alpha value is -0.580. The number of hydrogen-bond donors (Lipinski definition) is 0. The smallest absolute Gasteiger partial charge is 0.188 e. The van der Waals surface area contributed by atoms with Crippen molar-refractivity contribution in [3.63, 3.8) is 0 Å². The van der Waals surface area contributed by atoms with Gasteiger partial charge in [0.2, 0.25) is 0 Å². The van der Waals surface area contributed by atoms with E-state index < -0.39 is 0 Å². The predicted octanol–water partition coefficient (Wildman–Crippen LogP) is 11.3. The number of ether oxygens (including phenoxy) is 4. The van der Waals surface area contributed by atoms with E-state index in [0.717, 1.165) is 39.1 Å². The summed E-state index contributed by atoms with van der Waals surface area (Å²) in [5.41, 5.74) is 0. The zero-order chi connectivity index (χ0) is 27.6. The highest BCUT2D eigenvalue weighted by Crippen LogP contribution is 2.15.